The molecule has 0 aliphatic carbocycles. The van der Waals surface area contributed by atoms with E-state index in [9.17, 15) is 0 Å². The second-order valence-electron chi connectivity index (χ2n) is 4.27. The first kappa shape index (κ1) is 12.4. The van der Waals surface area contributed by atoms with Crippen molar-refractivity contribution in [3.8, 4) is 6.01 Å². The summed E-state index contributed by atoms with van der Waals surface area (Å²) in [7, 11) is 1.87. The Morgan fingerprint density at radius 2 is 2.00 bits per heavy atom. The summed E-state index contributed by atoms with van der Waals surface area (Å²) in [6.45, 7) is 2.49. The van der Waals surface area contributed by atoms with Crippen LogP contribution in [0.4, 0.5) is 11.5 Å². The van der Waals surface area contributed by atoms with E-state index >= 15 is 0 Å². The topological polar surface area (TPSA) is 64.9 Å². The Labute approximate surface area is 116 Å². The fraction of sp³-hybridized carbons (Fsp3) is 0.214. The van der Waals surface area contributed by atoms with Crippen molar-refractivity contribution in [3.63, 3.8) is 0 Å². The molecule has 6 heteroatoms. The number of hydrogen-bond donors (Lipinski definition) is 1. The number of aromatic nitrogens is 4. The van der Waals surface area contributed by atoms with Gasteiger partial charge in [0.1, 0.15) is 6.33 Å². The minimum absolute atomic E-state index is 0.541. The molecule has 0 atom stereocenters. The standard InChI is InChI=1S/C14H15N5O/c1-3-20-14-18-11-12(15-9-16-13(11)19(14)2)17-10-7-5-4-6-8-10/h4-9H,3H2,1-2H3,(H,15,16,17). The highest BCUT2D eigenvalue weighted by atomic mass is 16.5. The summed E-state index contributed by atoms with van der Waals surface area (Å²) in [5.74, 6) is 0.669. The number of ether oxygens (including phenoxy) is 1. The second kappa shape index (κ2) is 5.16. The van der Waals surface area contributed by atoms with Gasteiger partial charge in [0.25, 0.3) is 6.01 Å². The fourth-order valence-electron chi connectivity index (χ4n) is 1.99. The van der Waals surface area contributed by atoms with Crippen molar-refractivity contribution >= 4 is 22.7 Å². The number of para-hydroxylation sites is 1. The van der Waals surface area contributed by atoms with E-state index in [1.807, 2.05) is 48.9 Å². The smallest absolute Gasteiger partial charge is 0.298 e. The Balaban J connectivity index is 2.05. The molecule has 1 aromatic carbocycles. The number of rotatable bonds is 4. The van der Waals surface area contributed by atoms with E-state index in [0.717, 1.165) is 11.3 Å². The maximum atomic E-state index is 5.48. The second-order valence-corrected chi connectivity index (χ2v) is 4.27. The number of imidazole rings is 1. The molecule has 20 heavy (non-hydrogen) atoms. The van der Waals surface area contributed by atoms with Gasteiger partial charge in [-0.25, -0.2) is 9.97 Å². The van der Waals surface area contributed by atoms with E-state index in [1.54, 1.807) is 0 Å². The zero-order chi connectivity index (χ0) is 13.9. The van der Waals surface area contributed by atoms with E-state index in [2.05, 4.69) is 20.3 Å². The average Bonchev–Trinajstić information content (AvgIpc) is 2.79. The van der Waals surface area contributed by atoms with Crippen LogP contribution in [-0.4, -0.2) is 26.1 Å². The van der Waals surface area contributed by atoms with Gasteiger partial charge in [-0.2, -0.15) is 4.98 Å². The highest BCUT2D eigenvalue weighted by molar-refractivity contribution is 5.85. The van der Waals surface area contributed by atoms with Gasteiger partial charge >= 0.3 is 0 Å². The molecule has 0 aliphatic heterocycles. The number of anilines is 2. The molecule has 2 aromatic heterocycles. The van der Waals surface area contributed by atoms with Crippen molar-refractivity contribution in [2.75, 3.05) is 11.9 Å². The number of aryl methyl sites for hydroxylation is 1. The van der Waals surface area contributed by atoms with Crippen molar-refractivity contribution in [3.05, 3.63) is 36.7 Å². The first-order valence-electron chi connectivity index (χ1n) is 6.42. The van der Waals surface area contributed by atoms with Gasteiger partial charge in [-0.05, 0) is 19.1 Å². The molecule has 3 aromatic rings. The van der Waals surface area contributed by atoms with Gasteiger partial charge in [-0.15, -0.1) is 0 Å². The van der Waals surface area contributed by atoms with Gasteiger partial charge in [0.05, 0.1) is 6.61 Å². The third-order valence-electron chi connectivity index (χ3n) is 2.93. The highest BCUT2D eigenvalue weighted by Crippen LogP contribution is 2.25. The summed E-state index contributed by atoms with van der Waals surface area (Å²) in [6, 6.07) is 10.4. The lowest BCUT2D eigenvalue weighted by molar-refractivity contribution is 0.304. The van der Waals surface area contributed by atoms with Crippen LogP contribution in [0.1, 0.15) is 6.92 Å². The molecule has 0 radical (unpaired) electrons. The molecule has 3 rings (SSSR count). The van der Waals surface area contributed by atoms with Gasteiger partial charge in [0.2, 0.25) is 0 Å². The molecular formula is C14H15N5O. The van der Waals surface area contributed by atoms with Crippen molar-refractivity contribution in [1.82, 2.24) is 19.5 Å². The van der Waals surface area contributed by atoms with Crippen LogP contribution < -0.4 is 10.1 Å². The van der Waals surface area contributed by atoms with Crippen LogP contribution in [0.25, 0.3) is 11.2 Å². The number of hydrogen-bond acceptors (Lipinski definition) is 5. The van der Waals surface area contributed by atoms with Crippen molar-refractivity contribution < 1.29 is 4.74 Å². The monoisotopic (exact) mass is 269 g/mol. The van der Waals surface area contributed by atoms with Gasteiger partial charge in [-0.1, -0.05) is 18.2 Å². The Hall–Kier alpha value is -2.63. The molecule has 0 saturated heterocycles. The zero-order valence-corrected chi connectivity index (χ0v) is 11.4. The SMILES string of the molecule is CCOc1nc2c(Nc3ccccc3)ncnc2n1C. The maximum Gasteiger partial charge on any atom is 0.298 e. The van der Waals surface area contributed by atoms with Crippen LogP contribution in [-0.2, 0) is 7.05 Å². The van der Waals surface area contributed by atoms with E-state index in [-0.39, 0.29) is 0 Å². The number of benzene rings is 1. The van der Waals surface area contributed by atoms with Crippen LogP contribution in [0.2, 0.25) is 0 Å². The fourth-order valence-corrected chi connectivity index (χ4v) is 1.99. The summed E-state index contributed by atoms with van der Waals surface area (Å²) in [5.41, 5.74) is 2.39. The van der Waals surface area contributed by atoms with Crippen molar-refractivity contribution in [2.45, 2.75) is 6.92 Å². The predicted molar refractivity (Wildman–Crippen MR) is 77.2 cm³/mol. The minimum atomic E-state index is 0.541. The Kier molecular flexibility index (Phi) is 3.20. The predicted octanol–water partition coefficient (Wildman–Crippen LogP) is 2.51. The summed E-state index contributed by atoms with van der Waals surface area (Å²) in [5, 5.41) is 3.25. The lowest BCUT2D eigenvalue weighted by atomic mass is 10.3. The van der Waals surface area contributed by atoms with Crippen LogP contribution in [0.5, 0.6) is 6.01 Å². The van der Waals surface area contributed by atoms with Crippen LogP contribution in [0.15, 0.2) is 36.7 Å². The van der Waals surface area contributed by atoms with Gasteiger partial charge in [0.15, 0.2) is 17.0 Å². The normalized spacial score (nSPS) is 10.7. The molecule has 0 bridgehead atoms. The minimum Gasteiger partial charge on any atom is -0.465 e. The first-order valence-corrected chi connectivity index (χ1v) is 6.42. The molecule has 102 valence electrons. The summed E-state index contributed by atoms with van der Waals surface area (Å²) in [6.07, 6.45) is 1.52. The van der Waals surface area contributed by atoms with Gasteiger partial charge in [0, 0.05) is 12.7 Å². The van der Waals surface area contributed by atoms with Crippen LogP contribution in [0, 0.1) is 0 Å². The zero-order valence-electron chi connectivity index (χ0n) is 11.4. The number of fused-ring (bicyclic) bond motifs is 1. The molecule has 0 fully saturated rings. The van der Waals surface area contributed by atoms with Gasteiger partial charge in [-0.3, -0.25) is 4.57 Å². The molecule has 1 N–H and O–H groups in total. The summed E-state index contributed by atoms with van der Waals surface area (Å²) in [4.78, 5) is 13.0. The quantitative estimate of drug-likeness (QED) is 0.788. The third kappa shape index (κ3) is 2.16. The Morgan fingerprint density at radius 3 is 2.75 bits per heavy atom. The van der Waals surface area contributed by atoms with Crippen molar-refractivity contribution in [2.24, 2.45) is 7.05 Å². The lowest BCUT2D eigenvalue weighted by Crippen LogP contribution is -1.99. The average molecular weight is 269 g/mol. The number of nitrogens with one attached hydrogen (secondary N) is 1. The van der Waals surface area contributed by atoms with E-state index < -0.39 is 0 Å². The van der Waals surface area contributed by atoms with Crippen molar-refractivity contribution in [1.29, 1.82) is 0 Å². The Morgan fingerprint density at radius 1 is 1.20 bits per heavy atom. The molecular weight excluding hydrogens is 254 g/mol. The van der Waals surface area contributed by atoms with E-state index in [1.165, 1.54) is 6.33 Å². The molecule has 0 unspecified atom stereocenters. The molecule has 0 saturated carbocycles. The molecule has 6 nitrogen and oxygen atoms in total. The summed E-state index contributed by atoms with van der Waals surface area (Å²) >= 11 is 0. The summed E-state index contributed by atoms with van der Waals surface area (Å²) < 4.78 is 7.30. The molecule has 2 heterocycles. The molecule has 0 amide bonds. The first-order chi connectivity index (χ1) is 9.79. The lowest BCUT2D eigenvalue weighted by Gasteiger charge is -2.04. The van der Waals surface area contributed by atoms with E-state index in [0.29, 0.717) is 24.0 Å². The van der Waals surface area contributed by atoms with Crippen LogP contribution in [0.3, 0.4) is 0 Å². The number of nitrogens with zero attached hydrogens (tertiary/aromatic N) is 4. The van der Waals surface area contributed by atoms with E-state index in [4.69, 9.17) is 4.74 Å². The van der Waals surface area contributed by atoms with Gasteiger partial charge < -0.3 is 10.1 Å². The Bertz CT molecular complexity index is 723. The molecule has 0 spiro atoms. The molecule has 0 aliphatic rings. The third-order valence-corrected chi connectivity index (χ3v) is 2.93. The van der Waals surface area contributed by atoms with Crippen LogP contribution >= 0.6 is 0 Å². The highest BCUT2D eigenvalue weighted by Gasteiger charge is 2.14. The maximum absolute atomic E-state index is 5.48. The largest absolute Gasteiger partial charge is 0.465 e.